The number of aliphatic hydroxyl groups is 1. The Kier molecular flexibility index (Phi) is 4.87. The fraction of sp³-hybridized carbons (Fsp3) is 0.909. The SMILES string of the molecule is CC[C@@H]1CN(C(=O)[C@@H](Cl)CC)CC[C@@H]1O. The highest BCUT2D eigenvalue weighted by Crippen LogP contribution is 2.21. The number of rotatable bonds is 3. The van der Waals surface area contributed by atoms with Crippen molar-refractivity contribution in [3.63, 3.8) is 0 Å². The maximum Gasteiger partial charge on any atom is 0.240 e. The number of halogens is 1. The summed E-state index contributed by atoms with van der Waals surface area (Å²) in [6, 6.07) is 0. The molecule has 1 fully saturated rings. The first kappa shape index (κ1) is 12.8. The second kappa shape index (κ2) is 5.71. The van der Waals surface area contributed by atoms with Crippen LogP contribution in [0.25, 0.3) is 0 Å². The summed E-state index contributed by atoms with van der Waals surface area (Å²) in [6.07, 6.45) is 1.99. The van der Waals surface area contributed by atoms with E-state index in [9.17, 15) is 9.90 Å². The van der Waals surface area contributed by atoms with Gasteiger partial charge in [-0.1, -0.05) is 13.8 Å². The van der Waals surface area contributed by atoms with Crippen molar-refractivity contribution in [1.82, 2.24) is 4.90 Å². The Morgan fingerprint density at radius 2 is 2.27 bits per heavy atom. The number of hydrogen-bond acceptors (Lipinski definition) is 2. The molecule has 1 heterocycles. The summed E-state index contributed by atoms with van der Waals surface area (Å²) in [4.78, 5) is 13.6. The maximum atomic E-state index is 11.8. The number of likely N-dealkylation sites (tertiary alicyclic amines) is 1. The van der Waals surface area contributed by atoms with Crippen molar-refractivity contribution < 1.29 is 9.90 Å². The standard InChI is InChI=1S/C11H20ClNO2/c1-3-8-7-13(6-5-10(8)14)11(15)9(12)4-2/h8-10,14H,3-7H2,1-2H3/t8-,9+,10+/m1/s1. The van der Waals surface area contributed by atoms with Gasteiger partial charge in [-0.2, -0.15) is 0 Å². The van der Waals surface area contributed by atoms with Gasteiger partial charge in [0.25, 0.3) is 0 Å². The van der Waals surface area contributed by atoms with E-state index in [-0.39, 0.29) is 17.9 Å². The number of alkyl halides is 1. The average Bonchev–Trinajstić information content (AvgIpc) is 2.27. The van der Waals surface area contributed by atoms with Crippen molar-refractivity contribution >= 4 is 17.5 Å². The van der Waals surface area contributed by atoms with Gasteiger partial charge in [-0.05, 0) is 19.3 Å². The van der Waals surface area contributed by atoms with Crippen LogP contribution in [0.1, 0.15) is 33.1 Å². The molecule has 0 aromatic carbocycles. The smallest absolute Gasteiger partial charge is 0.240 e. The van der Waals surface area contributed by atoms with E-state index in [0.717, 1.165) is 6.42 Å². The molecule has 1 aliphatic heterocycles. The van der Waals surface area contributed by atoms with Gasteiger partial charge in [0, 0.05) is 19.0 Å². The summed E-state index contributed by atoms with van der Waals surface area (Å²) in [5.41, 5.74) is 0. The van der Waals surface area contributed by atoms with Gasteiger partial charge < -0.3 is 10.0 Å². The predicted molar refractivity (Wildman–Crippen MR) is 60.9 cm³/mol. The van der Waals surface area contributed by atoms with Gasteiger partial charge in [0.15, 0.2) is 0 Å². The minimum absolute atomic E-state index is 0.0181. The number of hydrogen-bond donors (Lipinski definition) is 1. The summed E-state index contributed by atoms with van der Waals surface area (Å²) in [5.74, 6) is 0.230. The zero-order chi connectivity index (χ0) is 11.4. The number of carbonyl (C=O) groups is 1. The van der Waals surface area contributed by atoms with Crippen molar-refractivity contribution in [2.45, 2.75) is 44.6 Å². The molecule has 0 radical (unpaired) electrons. The molecule has 1 rings (SSSR count). The molecule has 0 unspecified atom stereocenters. The first-order valence-electron chi connectivity index (χ1n) is 5.71. The summed E-state index contributed by atoms with van der Waals surface area (Å²) in [7, 11) is 0. The van der Waals surface area contributed by atoms with E-state index in [2.05, 4.69) is 0 Å². The van der Waals surface area contributed by atoms with Crippen LogP contribution >= 0.6 is 11.6 Å². The van der Waals surface area contributed by atoms with E-state index in [0.29, 0.717) is 25.9 Å². The van der Waals surface area contributed by atoms with Crippen LogP contribution in [0.15, 0.2) is 0 Å². The molecule has 0 aromatic heterocycles. The number of amides is 1. The van der Waals surface area contributed by atoms with Gasteiger partial charge in [-0.15, -0.1) is 11.6 Å². The summed E-state index contributed by atoms with van der Waals surface area (Å²) in [5, 5.41) is 9.29. The van der Waals surface area contributed by atoms with Crippen LogP contribution < -0.4 is 0 Å². The predicted octanol–water partition coefficient (Wildman–Crippen LogP) is 1.62. The van der Waals surface area contributed by atoms with Gasteiger partial charge in [-0.3, -0.25) is 4.79 Å². The molecule has 1 N–H and O–H groups in total. The number of carbonyl (C=O) groups excluding carboxylic acids is 1. The lowest BCUT2D eigenvalue weighted by atomic mass is 9.92. The van der Waals surface area contributed by atoms with Gasteiger partial charge in [-0.25, -0.2) is 0 Å². The quantitative estimate of drug-likeness (QED) is 0.753. The molecule has 1 amide bonds. The lowest BCUT2D eigenvalue weighted by Gasteiger charge is -2.36. The molecule has 15 heavy (non-hydrogen) atoms. The highest BCUT2D eigenvalue weighted by atomic mass is 35.5. The number of aliphatic hydroxyl groups excluding tert-OH is 1. The fourth-order valence-electron chi connectivity index (χ4n) is 1.99. The summed E-state index contributed by atoms with van der Waals surface area (Å²) >= 11 is 5.92. The van der Waals surface area contributed by atoms with Crippen LogP contribution in [-0.4, -0.2) is 40.5 Å². The van der Waals surface area contributed by atoms with Crippen molar-refractivity contribution in [3.8, 4) is 0 Å². The van der Waals surface area contributed by atoms with Crippen LogP contribution in [-0.2, 0) is 4.79 Å². The molecule has 3 atom stereocenters. The van der Waals surface area contributed by atoms with Crippen LogP contribution in [0.5, 0.6) is 0 Å². The Bertz CT molecular complexity index is 223. The molecular formula is C11H20ClNO2. The molecule has 1 saturated heterocycles. The van der Waals surface area contributed by atoms with Gasteiger partial charge in [0.2, 0.25) is 5.91 Å². The molecule has 3 nitrogen and oxygen atoms in total. The molecular weight excluding hydrogens is 214 g/mol. The largest absolute Gasteiger partial charge is 0.393 e. The highest BCUT2D eigenvalue weighted by molar-refractivity contribution is 6.30. The Morgan fingerprint density at radius 1 is 1.60 bits per heavy atom. The third-order valence-corrected chi connectivity index (χ3v) is 3.65. The minimum atomic E-state index is -0.405. The second-order valence-corrected chi connectivity index (χ2v) is 4.71. The van der Waals surface area contributed by atoms with E-state index in [1.54, 1.807) is 4.90 Å². The molecule has 88 valence electrons. The molecule has 0 saturated carbocycles. The second-order valence-electron chi connectivity index (χ2n) is 4.18. The topological polar surface area (TPSA) is 40.5 Å². The molecule has 0 spiro atoms. The van der Waals surface area contributed by atoms with E-state index in [1.807, 2.05) is 13.8 Å². The molecule has 0 bridgehead atoms. The first-order valence-corrected chi connectivity index (χ1v) is 6.14. The lowest BCUT2D eigenvalue weighted by Crippen LogP contribution is -2.48. The third kappa shape index (κ3) is 3.08. The van der Waals surface area contributed by atoms with E-state index in [4.69, 9.17) is 11.6 Å². The van der Waals surface area contributed by atoms with Crippen LogP contribution in [0.3, 0.4) is 0 Å². The van der Waals surface area contributed by atoms with Crippen molar-refractivity contribution in [2.24, 2.45) is 5.92 Å². The first-order chi connectivity index (χ1) is 7.10. The van der Waals surface area contributed by atoms with Gasteiger partial charge in [0.05, 0.1) is 6.10 Å². The normalized spacial score (nSPS) is 28.9. The van der Waals surface area contributed by atoms with Gasteiger partial charge >= 0.3 is 0 Å². The molecule has 1 aliphatic rings. The average molecular weight is 234 g/mol. The summed E-state index contributed by atoms with van der Waals surface area (Å²) < 4.78 is 0. The Morgan fingerprint density at radius 3 is 2.80 bits per heavy atom. The zero-order valence-electron chi connectivity index (χ0n) is 9.45. The van der Waals surface area contributed by atoms with E-state index in [1.165, 1.54) is 0 Å². The minimum Gasteiger partial charge on any atom is -0.393 e. The maximum absolute atomic E-state index is 11.8. The molecule has 0 aliphatic carbocycles. The summed E-state index contributed by atoms with van der Waals surface area (Å²) in [6.45, 7) is 5.24. The molecule has 4 heteroatoms. The Hall–Kier alpha value is -0.280. The molecule has 0 aromatic rings. The van der Waals surface area contributed by atoms with E-state index < -0.39 is 5.38 Å². The third-order valence-electron chi connectivity index (χ3n) is 3.16. The zero-order valence-corrected chi connectivity index (χ0v) is 10.2. The van der Waals surface area contributed by atoms with Gasteiger partial charge in [0.1, 0.15) is 5.38 Å². The van der Waals surface area contributed by atoms with Crippen LogP contribution in [0.4, 0.5) is 0 Å². The lowest BCUT2D eigenvalue weighted by molar-refractivity contribution is -0.134. The Labute approximate surface area is 96.4 Å². The van der Waals surface area contributed by atoms with Crippen molar-refractivity contribution in [1.29, 1.82) is 0 Å². The monoisotopic (exact) mass is 233 g/mol. The van der Waals surface area contributed by atoms with Crippen LogP contribution in [0, 0.1) is 5.92 Å². The van der Waals surface area contributed by atoms with Crippen LogP contribution in [0.2, 0.25) is 0 Å². The number of piperidine rings is 1. The van der Waals surface area contributed by atoms with E-state index >= 15 is 0 Å². The van der Waals surface area contributed by atoms with Crippen molar-refractivity contribution in [2.75, 3.05) is 13.1 Å². The highest BCUT2D eigenvalue weighted by Gasteiger charge is 2.30. The fourth-order valence-corrected chi connectivity index (χ4v) is 2.13. The Balaban J connectivity index is 2.54. The number of nitrogens with zero attached hydrogens (tertiary/aromatic N) is 1. The van der Waals surface area contributed by atoms with Crippen molar-refractivity contribution in [3.05, 3.63) is 0 Å².